The van der Waals surface area contributed by atoms with Crippen LogP contribution in [0.1, 0.15) is 33.6 Å². The second-order valence-corrected chi connectivity index (χ2v) is 6.82. The first-order valence-corrected chi connectivity index (χ1v) is 7.60. The van der Waals surface area contributed by atoms with E-state index >= 15 is 0 Å². The van der Waals surface area contributed by atoms with E-state index in [9.17, 15) is 13.5 Å². The monoisotopic (exact) mass is 250 g/mol. The maximum atomic E-state index is 11.1. The van der Waals surface area contributed by atoms with E-state index in [0.29, 0.717) is 5.92 Å². The maximum absolute atomic E-state index is 11.1. The SMILES string of the molecule is CC(C)[C@@H]1CC[C@@H](C)[C@@H](OS(C)(=O)=O)[C@H]1O. The Labute approximate surface area is 98.1 Å². The molecule has 0 radical (unpaired) electrons. The second kappa shape index (κ2) is 5.02. The Kier molecular flexibility index (Phi) is 4.37. The average Bonchev–Trinajstić information content (AvgIpc) is 2.10. The number of rotatable bonds is 3. The van der Waals surface area contributed by atoms with E-state index in [1.807, 2.05) is 20.8 Å². The predicted octanol–water partition coefficient (Wildman–Crippen LogP) is 1.39. The number of aliphatic hydroxyl groups excluding tert-OH is 1. The lowest BCUT2D eigenvalue weighted by Gasteiger charge is -2.39. The van der Waals surface area contributed by atoms with Crippen molar-refractivity contribution in [3.8, 4) is 0 Å². The summed E-state index contributed by atoms with van der Waals surface area (Å²) in [6, 6.07) is 0. The highest BCUT2D eigenvalue weighted by Crippen LogP contribution is 2.35. The van der Waals surface area contributed by atoms with E-state index in [1.54, 1.807) is 0 Å². The largest absolute Gasteiger partial charge is 0.390 e. The zero-order chi connectivity index (χ0) is 12.5. The quantitative estimate of drug-likeness (QED) is 0.769. The Morgan fingerprint density at radius 2 is 1.88 bits per heavy atom. The third kappa shape index (κ3) is 3.43. The molecule has 1 fully saturated rings. The fraction of sp³-hybridized carbons (Fsp3) is 1.00. The summed E-state index contributed by atoms with van der Waals surface area (Å²) in [4.78, 5) is 0. The second-order valence-electron chi connectivity index (χ2n) is 5.22. The zero-order valence-electron chi connectivity index (χ0n) is 10.4. The molecule has 0 bridgehead atoms. The van der Waals surface area contributed by atoms with Crippen LogP contribution in [0.15, 0.2) is 0 Å². The first-order chi connectivity index (χ1) is 7.22. The topological polar surface area (TPSA) is 63.6 Å². The summed E-state index contributed by atoms with van der Waals surface area (Å²) in [6.45, 7) is 6.01. The molecular weight excluding hydrogens is 228 g/mol. The first-order valence-electron chi connectivity index (χ1n) is 5.78. The molecule has 1 aliphatic carbocycles. The van der Waals surface area contributed by atoms with Crippen molar-refractivity contribution in [1.29, 1.82) is 0 Å². The van der Waals surface area contributed by atoms with Gasteiger partial charge in [-0.2, -0.15) is 8.42 Å². The predicted molar refractivity (Wildman–Crippen MR) is 62.4 cm³/mol. The summed E-state index contributed by atoms with van der Waals surface area (Å²) in [5, 5.41) is 10.1. The van der Waals surface area contributed by atoms with Crippen molar-refractivity contribution < 1.29 is 17.7 Å². The van der Waals surface area contributed by atoms with Crippen LogP contribution in [0.2, 0.25) is 0 Å². The van der Waals surface area contributed by atoms with E-state index in [2.05, 4.69) is 0 Å². The van der Waals surface area contributed by atoms with Crippen molar-refractivity contribution >= 4 is 10.1 Å². The van der Waals surface area contributed by atoms with Gasteiger partial charge in [-0.05, 0) is 30.6 Å². The van der Waals surface area contributed by atoms with Gasteiger partial charge in [-0.1, -0.05) is 20.8 Å². The summed E-state index contributed by atoms with van der Waals surface area (Å²) in [6.07, 6.45) is 1.60. The summed E-state index contributed by atoms with van der Waals surface area (Å²) in [5.41, 5.74) is 0. The number of hydrogen-bond acceptors (Lipinski definition) is 4. The van der Waals surface area contributed by atoms with Gasteiger partial charge in [-0.15, -0.1) is 0 Å². The molecule has 0 amide bonds. The average molecular weight is 250 g/mol. The highest BCUT2D eigenvalue weighted by Gasteiger charge is 2.40. The molecule has 0 heterocycles. The van der Waals surface area contributed by atoms with Gasteiger partial charge < -0.3 is 5.11 Å². The molecule has 0 aromatic heterocycles. The minimum Gasteiger partial charge on any atom is -0.390 e. The Balaban J connectivity index is 2.79. The van der Waals surface area contributed by atoms with Crippen molar-refractivity contribution in [2.24, 2.45) is 17.8 Å². The van der Waals surface area contributed by atoms with Gasteiger partial charge in [0.1, 0.15) is 6.10 Å². The lowest BCUT2D eigenvalue weighted by Crippen LogP contribution is -2.46. The zero-order valence-corrected chi connectivity index (χ0v) is 11.2. The Morgan fingerprint density at radius 3 is 2.31 bits per heavy atom. The van der Waals surface area contributed by atoms with Crippen LogP contribution in [0.25, 0.3) is 0 Å². The molecule has 4 atom stereocenters. The molecule has 16 heavy (non-hydrogen) atoms. The van der Waals surface area contributed by atoms with Crippen molar-refractivity contribution in [2.45, 2.75) is 45.8 Å². The standard InChI is InChI=1S/C11H22O4S/c1-7(2)9-6-5-8(3)11(10(9)12)15-16(4,13)14/h7-12H,5-6H2,1-4H3/t8-,9+,10+,11-/m1/s1. The van der Waals surface area contributed by atoms with E-state index in [0.717, 1.165) is 19.1 Å². The van der Waals surface area contributed by atoms with E-state index in [1.165, 1.54) is 0 Å². The molecule has 1 saturated carbocycles. The Morgan fingerprint density at radius 1 is 1.31 bits per heavy atom. The lowest BCUT2D eigenvalue weighted by atomic mass is 9.74. The molecular formula is C11H22O4S. The highest BCUT2D eigenvalue weighted by atomic mass is 32.2. The molecule has 0 aromatic carbocycles. The van der Waals surface area contributed by atoms with Crippen LogP contribution < -0.4 is 0 Å². The molecule has 1 N–H and O–H groups in total. The van der Waals surface area contributed by atoms with Crippen LogP contribution in [0.4, 0.5) is 0 Å². The molecule has 4 nitrogen and oxygen atoms in total. The Bertz CT molecular complexity index is 323. The molecule has 0 spiro atoms. The van der Waals surface area contributed by atoms with Gasteiger partial charge in [0.15, 0.2) is 0 Å². The van der Waals surface area contributed by atoms with Crippen molar-refractivity contribution in [2.75, 3.05) is 6.26 Å². The van der Waals surface area contributed by atoms with Gasteiger partial charge in [0, 0.05) is 0 Å². The van der Waals surface area contributed by atoms with Crippen LogP contribution in [-0.4, -0.2) is 32.0 Å². The van der Waals surface area contributed by atoms with Crippen LogP contribution in [0, 0.1) is 17.8 Å². The van der Waals surface area contributed by atoms with Gasteiger partial charge in [-0.25, -0.2) is 0 Å². The Hall–Kier alpha value is -0.130. The van der Waals surface area contributed by atoms with Crippen LogP contribution in [0.5, 0.6) is 0 Å². The molecule has 0 aliphatic heterocycles. The van der Waals surface area contributed by atoms with Gasteiger partial charge >= 0.3 is 0 Å². The van der Waals surface area contributed by atoms with E-state index in [-0.39, 0.29) is 11.8 Å². The summed E-state index contributed by atoms with van der Waals surface area (Å²) in [7, 11) is -3.50. The molecule has 0 unspecified atom stereocenters. The van der Waals surface area contributed by atoms with E-state index in [4.69, 9.17) is 4.18 Å². The molecule has 96 valence electrons. The highest BCUT2D eigenvalue weighted by molar-refractivity contribution is 7.86. The maximum Gasteiger partial charge on any atom is 0.264 e. The lowest BCUT2D eigenvalue weighted by molar-refractivity contribution is -0.0674. The molecule has 0 saturated heterocycles. The molecule has 1 rings (SSSR count). The van der Waals surface area contributed by atoms with Crippen molar-refractivity contribution in [3.05, 3.63) is 0 Å². The smallest absolute Gasteiger partial charge is 0.264 e. The normalized spacial score (nSPS) is 36.6. The first kappa shape index (κ1) is 13.9. The number of aliphatic hydroxyl groups is 1. The van der Waals surface area contributed by atoms with Gasteiger partial charge in [0.25, 0.3) is 10.1 Å². The van der Waals surface area contributed by atoms with Crippen molar-refractivity contribution in [3.63, 3.8) is 0 Å². The summed E-state index contributed by atoms with van der Waals surface area (Å²) >= 11 is 0. The van der Waals surface area contributed by atoms with Gasteiger partial charge in [-0.3, -0.25) is 4.18 Å². The third-order valence-electron chi connectivity index (χ3n) is 3.43. The van der Waals surface area contributed by atoms with Crippen molar-refractivity contribution in [1.82, 2.24) is 0 Å². The molecule has 0 aromatic rings. The van der Waals surface area contributed by atoms with Crippen LogP contribution in [-0.2, 0) is 14.3 Å². The fourth-order valence-corrected chi connectivity index (χ4v) is 3.16. The van der Waals surface area contributed by atoms with Crippen LogP contribution >= 0.6 is 0 Å². The van der Waals surface area contributed by atoms with Gasteiger partial charge in [0.2, 0.25) is 0 Å². The molecule has 1 aliphatic rings. The molecule has 5 heteroatoms. The fourth-order valence-electron chi connectivity index (χ4n) is 2.45. The summed E-state index contributed by atoms with van der Waals surface area (Å²) < 4.78 is 27.3. The third-order valence-corrected chi connectivity index (χ3v) is 4.01. The van der Waals surface area contributed by atoms with Crippen LogP contribution in [0.3, 0.4) is 0 Å². The number of hydrogen-bond donors (Lipinski definition) is 1. The minimum atomic E-state index is -3.50. The minimum absolute atomic E-state index is 0.0831. The van der Waals surface area contributed by atoms with Gasteiger partial charge in [0.05, 0.1) is 12.4 Å². The summed E-state index contributed by atoms with van der Waals surface area (Å²) in [5.74, 6) is 0.552. The van der Waals surface area contributed by atoms with E-state index < -0.39 is 22.3 Å².